The van der Waals surface area contributed by atoms with Crippen LogP contribution in [-0.4, -0.2) is 30.3 Å². The van der Waals surface area contributed by atoms with Gasteiger partial charge in [-0.3, -0.25) is 10.2 Å². The number of carbonyl (C=O) groups excluding carboxylic acids is 1. The minimum Gasteiger partial charge on any atom is -0.391 e. The fraction of sp³-hybridized carbons (Fsp3) is 0.923. The van der Waals surface area contributed by atoms with Crippen LogP contribution in [0.5, 0.6) is 0 Å². The lowest BCUT2D eigenvalue weighted by Crippen LogP contribution is -2.38. The minimum atomic E-state index is -0.608. The summed E-state index contributed by atoms with van der Waals surface area (Å²) in [7, 11) is 0. The molecule has 0 saturated heterocycles. The number of aliphatic hydroxyl groups excluding tert-OH is 1. The van der Waals surface area contributed by atoms with Crippen molar-refractivity contribution >= 4 is 5.91 Å². The molecule has 4 N–H and O–H groups in total. The van der Waals surface area contributed by atoms with Gasteiger partial charge in [0.2, 0.25) is 5.91 Å². The standard InChI is InChI=1S/C13H28N2O3/c1-4-5-6-11(13(17)15-14)7-12(16)9-18-8-10(2)3/h10-12,16H,4-9,14H2,1-3H3,(H,15,17)/t11-,12-/m0/s1. The maximum atomic E-state index is 11.5. The summed E-state index contributed by atoms with van der Waals surface area (Å²) in [5, 5.41) is 9.83. The Bertz CT molecular complexity index is 222. The smallest absolute Gasteiger partial charge is 0.237 e. The van der Waals surface area contributed by atoms with Gasteiger partial charge in [-0.15, -0.1) is 0 Å². The van der Waals surface area contributed by atoms with Gasteiger partial charge in [0.15, 0.2) is 0 Å². The molecule has 0 aromatic rings. The molecule has 0 saturated carbocycles. The first-order valence-electron chi connectivity index (χ1n) is 6.77. The fourth-order valence-electron chi connectivity index (χ4n) is 1.76. The molecule has 0 fully saturated rings. The summed E-state index contributed by atoms with van der Waals surface area (Å²) in [6.45, 7) is 7.08. The first kappa shape index (κ1) is 17.4. The van der Waals surface area contributed by atoms with Crippen LogP contribution in [-0.2, 0) is 9.53 Å². The third-order valence-corrected chi connectivity index (χ3v) is 2.74. The number of amides is 1. The fourth-order valence-corrected chi connectivity index (χ4v) is 1.76. The quantitative estimate of drug-likeness (QED) is 0.313. The molecule has 0 radical (unpaired) electrons. The number of nitrogens with two attached hydrogens (primary N) is 1. The molecule has 1 amide bonds. The maximum Gasteiger partial charge on any atom is 0.237 e. The largest absolute Gasteiger partial charge is 0.391 e. The molecule has 0 bridgehead atoms. The van der Waals surface area contributed by atoms with E-state index in [0.717, 1.165) is 19.3 Å². The van der Waals surface area contributed by atoms with E-state index in [1.54, 1.807) is 0 Å². The summed E-state index contributed by atoms with van der Waals surface area (Å²) in [6, 6.07) is 0. The summed E-state index contributed by atoms with van der Waals surface area (Å²) in [6.07, 6.45) is 2.52. The van der Waals surface area contributed by atoms with Gasteiger partial charge in [0.25, 0.3) is 0 Å². The molecule has 0 aliphatic rings. The van der Waals surface area contributed by atoms with Crippen LogP contribution in [0.1, 0.15) is 46.5 Å². The highest BCUT2D eigenvalue weighted by atomic mass is 16.5. The number of hydrogen-bond donors (Lipinski definition) is 3. The van der Waals surface area contributed by atoms with Crippen molar-refractivity contribution in [1.82, 2.24) is 5.43 Å². The van der Waals surface area contributed by atoms with Crippen LogP contribution in [0.2, 0.25) is 0 Å². The molecule has 5 heteroatoms. The van der Waals surface area contributed by atoms with Crippen LogP contribution in [0.15, 0.2) is 0 Å². The summed E-state index contributed by atoms with van der Waals surface area (Å²) in [5.74, 6) is 5.16. The van der Waals surface area contributed by atoms with E-state index in [4.69, 9.17) is 10.6 Å². The third kappa shape index (κ3) is 8.44. The lowest BCUT2D eigenvalue weighted by atomic mass is 9.95. The molecule has 5 nitrogen and oxygen atoms in total. The molecule has 0 aliphatic carbocycles. The monoisotopic (exact) mass is 260 g/mol. The second kappa shape index (κ2) is 10.3. The molecule has 0 rings (SSSR count). The number of hydrazine groups is 1. The van der Waals surface area contributed by atoms with Crippen LogP contribution in [0.3, 0.4) is 0 Å². The summed E-state index contributed by atoms with van der Waals surface area (Å²) in [5.41, 5.74) is 2.16. The maximum absolute atomic E-state index is 11.5. The molecule has 2 atom stereocenters. The zero-order valence-electron chi connectivity index (χ0n) is 11.8. The highest BCUT2D eigenvalue weighted by molar-refractivity contribution is 5.77. The van der Waals surface area contributed by atoms with Gasteiger partial charge >= 0.3 is 0 Å². The number of unbranched alkanes of at least 4 members (excludes halogenated alkanes) is 1. The van der Waals surface area contributed by atoms with Crippen LogP contribution < -0.4 is 11.3 Å². The Balaban J connectivity index is 4.01. The van der Waals surface area contributed by atoms with Crippen molar-refractivity contribution in [2.24, 2.45) is 17.7 Å². The van der Waals surface area contributed by atoms with E-state index in [0.29, 0.717) is 18.9 Å². The normalized spacial score (nSPS) is 14.6. The van der Waals surface area contributed by atoms with Crippen LogP contribution in [0.25, 0.3) is 0 Å². The topological polar surface area (TPSA) is 84.6 Å². The van der Waals surface area contributed by atoms with Gasteiger partial charge in [-0.1, -0.05) is 33.6 Å². The average molecular weight is 260 g/mol. The molecular weight excluding hydrogens is 232 g/mol. The molecule has 0 aromatic heterocycles. The number of nitrogens with one attached hydrogen (secondary N) is 1. The Morgan fingerprint density at radius 2 is 2.06 bits per heavy atom. The van der Waals surface area contributed by atoms with Gasteiger partial charge in [0, 0.05) is 12.5 Å². The lowest BCUT2D eigenvalue weighted by Gasteiger charge is -2.19. The van der Waals surface area contributed by atoms with Gasteiger partial charge in [0.05, 0.1) is 12.7 Å². The Labute approximate surface area is 110 Å². The SMILES string of the molecule is CCCC[C@@H](C[C@H](O)COCC(C)C)C(=O)NN. The van der Waals surface area contributed by atoms with Gasteiger partial charge in [-0.25, -0.2) is 5.84 Å². The number of ether oxygens (including phenoxy) is 1. The van der Waals surface area contributed by atoms with Crippen molar-refractivity contribution in [1.29, 1.82) is 0 Å². The van der Waals surface area contributed by atoms with E-state index < -0.39 is 6.10 Å². The summed E-state index contributed by atoms with van der Waals surface area (Å²) < 4.78 is 5.36. The van der Waals surface area contributed by atoms with Crippen LogP contribution >= 0.6 is 0 Å². The highest BCUT2D eigenvalue weighted by Gasteiger charge is 2.21. The number of carbonyl (C=O) groups is 1. The predicted molar refractivity (Wildman–Crippen MR) is 71.6 cm³/mol. The van der Waals surface area contributed by atoms with Crippen LogP contribution in [0, 0.1) is 11.8 Å². The molecule has 0 aliphatic heterocycles. The van der Waals surface area contributed by atoms with Gasteiger partial charge < -0.3 is 9.84 Å². The lowest BCUT2D eigenvalue weighted by molar-refractivity contribution is -0.126. The second-order valence-electron chi connectivity index (χ2n) is 5.17. The van der Waals surface area contributed by atoms with E-state index >= 15 is 0 Å². The van der Waals surface area contributed by atoms with Gasteiger partial charge in [-0.2, -0.15) is 0 Å². The molecular formula is C13H28N2O3. The van der Waals surface area contributed by atoms with Crippen molar-refractivity contribution in [3.63, 3.8) is 0 Å². The van der Waals surface area contributed by atoms with Crippen LogP contribution in [0.4, 0.5) is 0 Å². The first-order valence-corrected chi connectivity index (χ1v) is 6.77. The minimum absolute atomic E-state index is 0.202. The molecule has 0 spiro atoms. The first-order chi connectivity index (χ1) is 8.51. The van der Waals surface area contributed by atoms with E-state index in [-0.39, 0.29) is 18.4 Å². The van der Waals surface area contributed by atoms with E-state index in [2.05, 4.69) is 26.2 Å². The van der Waals surface area contributed by atoms with Crippen molar-refractivity contribution in [2.75, 3.05) is 13.2 Å². The summed E-state index contributed by atoms with van der Waals surface area (Å²) in [4.78, 5) is 11.5. The molecule has 18 heavy (non-hydrogen) atoms. The van der Waals surface area contributed by atoms with Crippen molar-refractivity contribution in [3.05, 3.63) is 0 Å². The zero-order valence-corrected chi connectivity index (χ0v) is 11.8. The van der Waals surface area contributed by atoms with E-state index in [1.165, 1.54) is 0 Å². The number of hydrogen-bond acceptors (Lipinski definition) is 4. The van der Waals surface area contributed by atoms with Crippen molar-refractivity contribution in [2.45, 2.75) is 52.6 Å². The Hall–Kier alpha value is -0.650. The molecule has 108 valence electrons. The van der Waals surface area contributed by atoms with Crippen molar-refractivity contribution < 1.29 is 14.6 Å². The molecule has 0 unspecified atom stereocenters. The zero-order chi connectivity index (χ0) is 14.0. The van der Waals surface area contributed by atoms with E-state index in [9.17, 15) is 9.90 Å². The Morgan fingerprint density at radius 3 is 2.56 bits per heavy atom. The average Bonchev–Trinajstić information content (AvgIpc) is 2.32. The Kier molecular flexibility index (Phi) is 9.92. The number of rotatable bonds is 10. The van der Waals surface area contributed by atoms with Gasteiger partial charge in [-0.05, 0) is 18.8 Å². The second-order valence-corrected chi connectivity index (χ2v) is 5.17. The predicted octanol–water partition coefficient (Wildman–Crippen LogP) is 1.21. The number of aliphatic hydroxyl groups is 1. The Morgan fingerprint density at radius 1 is 1.39 bits per heavy atom. The summed E-state index contributed by atoms with van der Waals surface area (Å²) >= 11 is 0. The highest BCUT2D eigenvalue weighted by Crippen LogP contribution is 2.15. The molecule has 0 heterocycles. The van der Waals surface area contributed by atoms with Gasteiger partial charge in [0.1, 0.15) is 0 Å². The molecule has 0 aromatic carbocycles. The third-order valence-electron chi connectivity index (χ3n) is 2.74. The van der Waals surface area contributed by atoms with Crippen molar-refractivity contribution in [3.8, 4) is 0 Å². The van der Waals surface area contributed by atoms with E-state index in [1.807, 2.05) is 0 Å².